The van der Waals surface area contributed by atoms with E-state index in [1.807, 2.05) is 18.7 Å². The van der Waals surface area contributed by atoms with Crippen molar-refractivity contribution in [3.05, 3.63) is 0 Å². The SMILES string of the molecule is CCC(C#N)CC(C)N1CCCC1=O. The van der Waals surface area contributed by atoms with Gasteiger partial charge in [0.25, 0.3) is 0 Å². The van der Waals surface area contributed by atoms with Gasteiger partial charge in [-0.15, -0.1) is 0 Å². The van der Waals surface area contributed by atoms with E-state index >= 15 is 0 Å². The summed E-state index contributed by atoms with van der Waals surface area (Å²) in [5, 5.41) is 8.83. The Morgan fingerprint density at radius 2 is 2.36 bits per heavy atom. The third-order valence-corrected chi connectivity index (χ3v) is 2.94. The van der Waals surface area contributed by atoms with Crippen LogP contribution in [-0.4, -0.2) is 23.4 Å². The van der Waals surface area contributed by atoms with Gasteiger partial charge in [0.1, 0.15) is 0 Å². The summed E-state index contributed by atoms with van der Waals surface area (Å²) >= 11 is 0. The van der Waals surface area contributed by atoms with Crippen LogP contribution in [0.2, 0.25) is 0 Å². The van der Waals surface area contributed by atoms with Crippen LogP contribution in [0.1, 0.15) is 39.5 Å². The van der Waals surface area contributed by atoms with Crippen molar-refractivity contribution in [1.82, 2.24) is 4.90 Å². The molecule has 1 aliphatic rings. The highest BCUT2D eigenvalue weighted by molar-refractivity contribution is 5.78. The highest BCUT2D eigenvalue weighted by Crippen LogP contribution is 2.19. The quantitative estimate of drug-likeness (QED) is 0.686. The number of carbonyl (C=O) groups excluding carboxylic acids is 1. The van der Waals surface area contributed by atoms with Crippen LogP contribution in [0.15, 0.2) is 0 Å². The van der Waals surface area contributed by atoms with Gasteiger partial charge in [-0.2, -0.15) is 5.26 Å². The fourth-order valence-corrected chi connectivity index (χ4v) is 1.98. The lowest BCUT2D eigenvalue weighted by Crippen LogP contribution is -2.35. The van der Waals surface area contributed by atoms with Crippen molar-refractivity contribution in [1.29, 1.82) is 5.26 Å². The molecule has 1 heterocycles. The lowest BCUT2D eigenvalue weighted by Gasteiger charge is -2.25. The van der Waals surface area contributed by atoms with Crippen LogP contribution >= 0.6 is 0 Å². The van der Waals surface area contributed by atoms with E-state index < -0.39 is 0 Å². The molecular formula is C11H18N2O. The van der Waals surface area contributed by atoms with Gasteiger partial charge in [-0.1, -0.05) is 6.92 Å². The summed E-state index contributed by atoms with van der Waals surface area (Å²) in [5.41, 5.74) is 0. The average Bonchev–Trinajstić information content (AvgIpc) is 2.60. The fourth-order valence-electron chi connectivity index (χ4n) is 1.98. The van der Waals surface area contributed by atoms with Gasteiger partial charge >= 0.3 is 0 Å². The second kappa shape index (κ2) is 4.99. The van der Waals surface area contributed by atoms with Crippen LogP contribution in [0.4, 0.5) is 0 Å². The molecule has 0 bridgehead atoms. The molecule has 1 aliphatic heterocycles. The third kappa shape index (κ3) is 2.47. The summed E-state index contributed by atoms with van der Waals surface area (Å²) < 4.78 is 0. The number of hydrogen-bond acceptors (Lipinski definition) is 2. The second-order valence-corrected chi connectivity index (χ2v) is 4.01. The summed E-state index contributed by atoms with van der Waals surface area (Å²) in [5.74, 6) is 0.351. The van der Waals surface area contributed by atoms with Gasteiger partial charge < -0.3 is 4.90 Å². The van der Waals surface area contributed by atoms with E-state index in [0.29, 0.717) is 6.42 Å². The zero-order chi connectivity index (χ0) is 10.6. The molecule has 0 aromatic heterocycles. The largest absolute Gasteiger partial charge is 0.340 e. The number of amides is 1. The molecule has 3 nitrogen and oxygen atoms in total. The first kappa shape index (κ1) is 11.0. The van der Waals surface area contributed by atoms with Gasteiger partial charge in [0.15, 0.2) is 0 Å². The first-order chi connectivity index (χ1) is 6.69. The molecule has 2 unspecified atom stereocenters. The highest BCUT2D eigenvalue weighted by atomic mass is 16.2. The van der Waals surface area contributed by atoms with Crippen molar-refractivity contribution in [3.63, 3.8) is 0 Å². The second-order valence-electron chi connectivity index (χ2n) is 4.01. The summed E-state index contributed by atoms with van der Waals surface area (Å²) in [6.45, 7) is 4.94. The molecule has 78 valence electrons. The lowest BCUT2D eigenvalue weighted by molar-refractivity contribution is -0.129. The van der Waals surface area contributed by atoms with Gasteiger partial charge in [-0.25, -0.2) is 0 Å². The van der Waals surface area contributed by atoms with Crippen LogP contribution in [0, 0.1) is 17.2 Å². The normalized spacial score (nSPS) is 20.6. The molecule has 0 aliphatic carbocycles. The molecular weight excluding hydrogens is 176 g/mol. The smallest absolute Gasteiger partial charge is 0.222 e. The highest BCUT2D eigenvalue weighted by Gasteiger charge is 2.26. The van der Waals surface area contributed by atoms with Crippen LogP contribution in [0.25, 0.3) is 0 Å². The zero-order valence-electron chi connectivity index (χ0n) is 8.99. The van der Waals surface area contributed by atoms with Crippen LogP contribution < -0.4 is 0 Å². The number of carbonyl (C=O) groups is 1. The van der Waals surface area contributed by atoms with Crippen molar-refractivity contribution >= 4 is 5.91 Å². The maximum Gasteiger partial charge on any atom is 0.222 e. The molecule has 0 saturated carbocycles. The van der Waals surface area contributed by atoms with Gasteiger partial charge in [0.2, 0.25) is 5.91 Å². The van der Waals surface area contributed by atoms with Gasteiger partial charge in [-0.05, 0) is 26.2 Å². The van der Waals surface area contributed by atoms with Crippen molar-refractivity contribution in [3.8, 4) is 6.07 Å². The van der Waals surface area contributed by atoms with Crippen LogP contribution in [0.3, 0.4) is 0 Å². The molecule has 0 spiro atoms. The molecule has 0 aromatic carbocycles. The Balaban J connectivity index is 2.45. The standard InChI is InChI=1S/C11H18N2O/c1-3-10(8-12)7-9(2)13-6-4-5-11(13)14/h9-10H,3-7H2,1-2H3. The van der Waals surface area contributed by atoms with Crippen molar-refractivity contribution in [2.75, 3.05) is 6.54 Å². The van der Waals surface area contributed by atoms with Gasteiger partial charge in [-0.3, -0.25) is 4.79 Å². The Bertz CT molecular complexity index is 244. The summed E-state index contributed by atoms with van der Waals surface area (Å²) in [6, 6.07) is 2.51. The van der Waals surface area contributed by atoms with Crippen LogP contribution in [0.5, 0.6) is 0 Å². The number of rotatable bonds is 4. The minimum Gasteiger partial charge on any atom is -0.340 e. The lowest BCUT2D eigenvalue weighted by atomic mass is 9.99. The van der Waals surface area contributed by atoms with Crippen LogP contribution in [-0.2, 0) is 4.79 Å². The van der Waals surface area contributed by atoms with E-state index in [2.05, 4.69) is 6.07 Å². The summed E-state index contributed by atoms with van der Waals surface area (Å²) in [7, 11) is 0. The first-order valence-corrected chi connectivity index (χ1v) is 5.38. The molecule has 2 atom stereocenters. The van der Waals surface area contributed by atoms with E-state index in [4.69, 9.17) is 5.26 Å². The Kier molecular flexibility index (Phi) is 3.94. The molecule has 0 aromatic rings. The maximum absolute atomic E-state index is 11.4. The van der Waals surface area contributed by atoms with E-state index in [1.165, 1.54) is 0 Å². The van der Waals surface area contributed by atoms with Crippen molar-refractivity contribution in [2.45, 2.75) is 45.6 Å². The van der Waals surface area contributed by atoms with Crippen molar-refractivity contribution in [2.24, 2.45) is 5.92 Å². The molecule has 14 heavy (non-hydrogen) atoms. The molecule has 1 amide bonds. The monoisotopic (exact) mass is 194 g/mol. The zero-order valence-corrected chi connectivity index (χ0v) is 8.99. The molecule has 1 fully saturated rings. The number of nitriles is 1. The Labute approximate surface area is 85.7 Å². The Hall–Kier alpha value is -1.04. The summed E-state index contributed by atoms with van der Waals surface area (Å²) in [6.07, 6.45) is 3.36. The summed E-state index contributed by atoms with van der Waals surface area (Å²) in [4.78, 5) is 13.3. The van der Waals surface area contributed by atoms with E-state index in [0.717, 1.165) is 25.8 Å². The minimum atomic E-state index is 0.0957. The molecule has 1 rings (SSSR count). The van der Waals surface area contributed by atoms with E-state index in [9.17, 15) is 4.79 Å². The van der Waals surface area contributed by atoms with Gasteiger partial charge in [0.05, 0.1) is 6.07 Å². The molecule has 3 heteroatoms. The molecule has 1 saturated heterocycles. The molecule has 0 radical (unpaired) electrons. The maximum atomic E-state index is 11.4. The number of hydrogen-bond donors (Lipinski definition) is 0. The Morgan fingerprint density at radius 1 is 1.64 bits per heavy atom. The number of likely N-dealkylation sites (tertiary alicyclic amines) is 1. The number of nitrogens with zero attached hydrogens (tertiary/aromatic N) is 2. The minimum absolute atomic E-state index is 0.0957. The molecule has 0 N–H and O–H groups in total. The van der Waals surface area contributed by atoms with E-state index in [-0.39, 0.29) is 17.9 Å². The predicted octanol–water partition coefficient (Wildman–Crippen LogP) is 1.94. The Morgan fingerprint density at radius 3 is 2.79 bits per heavy atom. The topological polar surface area (TPSA) is 44.1 Å². The van der Waals surface area contributed by atoms with Crippen molar-refractivity contribution < 1.29 is 4.79 Å². The fraction of sp³-hybridized carbons (Fsp3) is 0.818. The van der Waals surface area contributed by atoms with Gasteiger partial charge in [0, 0.05) is 24.9 Å². The average molecular weight is 194 g/mol. The third-order valence-electron chi connectivity index (χ3n) is 2.94. The first-order valence-electron chi connectivity index (χ1n) is 5.38. The van der Waals surface area contributed by atoms with E-state index in [1.54, 1.807) is 0 Å². The predicted molar refractivity (Wildman–Crippen MR) is 54.4 cm³/mol.